The molecule has 1 nitrogen and oxygen atoms in total. The predicted octanol–water partition coefficient (Wildman–Crippen LogP) is 4.09. The molecule has 1 heterocycles. The molecule has 1 aromatic heterocycles. The van der Waals surface area contributed by atoms with E-state index in [4.69, 9.17) is 12.2 Å². The van der Waals surface area contributed by atoms with Gasteiger partial charge in [-0.2, -0.15) is 0 Å². The van der Waals surface area contributed by atoms with Crippen molar-refractivity contribution in [1.29, 1.82) is 0 Å². The molecule has 1 aliphatic rings. The fourth-order valence-electron chi connectivity index (χ4n) is 1.89. The molecular formula is C12H15NS. The molecule has 0 aromatic carbocycles. The Labute approximate surface area is 89.9 Å². The Morgan fingerprint density at radius 3 is 3.00 bits per heavy atom. The SMILES string of the molecule is S=c1cc[nH]c(C2=CCCCCC2)c1. The van der Waals surface area contributed by atoms with Gasteiger partial charge in [0.05, 0.1) is 0 Å². The van der Waals surface area contributed by atoms with Crippen LogP contribution in [0.1, 0.15) is 37.8 Å². The Kier molecular flexibility index (Phi) is 3.14. The van der Waals surface area contributed by atoms with E-state index in [0.29, 0.717) is 0 Å². The number of hydrogen-bond donors (Lipinski definition) is 1. The van der Waals surface area contributed by atoms with Crippen LogP contribution < -0.4 is 0 Å². The molecule has 0 saturated carbocycles. The molecule has 0 unspecified atom stereocenters. The fourth-order valence-corrected chi connectivity index (χ4v) is 2.08. The number of aromatic amines is 1. The minimum Gasteiger partial charge on any atom is -0.361 e. The van der Waals surface area contributed by atoms with Gasteiger partial charge < -0.3 is 4.98 Å². The first-order chi connectivity index (χ1) is 6.86. The third kappa shape index (κ3) is 2.32. The average Bonchev–Trinajstić information content (AvgIpc) is 2.45. The molecule has 14 heavy (non-hydrogen) atoms. The molecule has 0 radical (unpaired) electrons. The van der Waals surface area contributed by atoms with Gasteiger partial charge in [0.25, 0.3) is 0 Å². The van der Waals surface area contributed by atoms with Gasteiger partial charge in [0.1, 0.15) is 0 Å². The highest BCUT2D eigenvalue weighted by Crippen LogP contribution is 2.24. The topological polar surface area (TPSA) is 15.8 Å². The summed E-state index contributed by atoms with van der Waals surface area (Å²) in [5.41, 5.74) is 2.65. The second-order valence-electron chi connectivity index (χ2n) is 3.77. The van der Waals surface area contributed by atoms with Crippen molar-refractivity contribution in [3.8, 4) is 0 Å². The summed E-state index contributed by atoms with van der Waals surface area (Å²) < 4.78 is 0.920. The molecule has 2 rings (SSSR count). The smallest absolute Gasteiger partial charge is 0.0423 e. The van der Waals surface area contributed by atoms with E-state index in [1.165, 1.54) is 43.4 Å². The maximum Gasteiger partial charge on any atom is 0.0423 e. The van der Waals surface area contributed by atoms with Gasteiger partial charge in [0, 0.05) is 16.4 Å². The normalized spacial score (nSPS) is 17.3. The van der Waals surface area contributed by atoms with Crippen molar-refractivity contribution in [2.45, 2.75) is 32.1 Å². The van der Waals surface area contributed by atoms with Gasteiger partial charge in [-0.05, 0) is 43.4 Å². The lowest BCUT2D eigenvalue weighted by molar-refractivity contribution is 0.720. The van der Waals surface area contributed by atoms with Crippen LogP contribution in [0.5, 0.6) is 0 Å². The number of nitrogens with one attached hydrogen (secondary N) is 1. The van der Waals surface area contributed by atoms with Crippen molar-refractivity contribution < 1.29 is 0 Å². The van der Waals surface area contributed by atoms with Gasteiger partial charge in [-0.25, -0.2) is 0 Å². The van der Waals surface area contributed by atoms with E-state index >= 15 is 0 Å². The summed E-state index contributed by atoms with van der Waals surface area (Å²) in [6.07, 6.45) is 10.7. The van der Waals surface area contributed by atoms with Crippen LogP contribution in [0.2, 0.25) is 0 Å². The molecule has 1 N–H and O–H groups in total. The standard InChI is InChI=1S/C12H15NS/c14-11-7-8-13-12(9-11)10-5-3-1-2-4-6-10/h5,7-9H,1-4,6H2,(H,13,14). The summed E-state index contributed by atoms with van der Waals surface area (Å²) in [5.74, 6) is 0. The van der Waals surface area contributed by atoms with E-state index in [1.54, 1.807) is 0 Å². The van der Waals surface area contributed by atoms with Crippen LogP contribution in [0.3, 0.4) is 0 Å². The fraction of sp³-hybridized carbons (Fsp3) is 0.417. The molecule has 0 saturated heterocycles. The van der Waals surface area contributed by atoms with Gasteiger partial charge in [-0.1, -0.05) is 24.7 Å². The van der Waals surface area contributed by atoms with E-state index in [-0.39, 0.29) is 0 Å². The van der Waals surface area contributed by atoms with Crippen LogP contribution in [-0.4, -0.2) is 4.98 Å². The number of hydrogen-bond acceptors (Lipinski definition) is 1. The highest BCUT2D eigenvalue weighted by molar-refractivity contribution is 7.71. The van der Waals surface area contributed by atoms with E-state index in [2.05, 4.69) is 17.1 Å². The molecular weight excluding hydrogens is 190 g/mol. The molecule has 0 spiro atoms. The van der Waals surface area contributed by atoms with Crippen LogP contribution in [-0.2, 0) is 0 Å². The van der Waals surface area contributed by atoms with E-state index in [1.807, 2.05) is 12.3 Å². The molecule has 1 aromatic rings. The van der Waals surface area contributed by atoms with Crippen molar-refractivity contribution in [2.75, 3.05) is 0 Å². The van der Waals surface area contributed by atoms with Gasteiger partial charge in [0.15, 0.2) is 0 Å². The Morgan fingerprint density at radius 2 is 2.14 bits per heavy atom. The van der Waals surface area contributed by atoms with Crippen molar-refractivity contribution in [1.82, 2.24) is 4.98 Å². The summed E-state index contributed by atoms with van der Waals surface area (Å²) in [4.78, 5) is 3.27. The molecule has 0 atom stereocenters. The average molecular weight is 205 g/mol. The van der Waals surface area contributed by atoms with Crippen molar-refractivity contribution >= 4 is 17.8 Å². The number of allylic oxidation sites excluding steroid dienone is 2. The minimum absolute atomic E-state index is 0.920. The minimum atomic E-state index is 0.920. The Hall–Kier alpha value is -0.890. The van der Waals surface area contributed by atoms with Gasteiger partial charge in [-0.3, -0.25) is 0 Å². The lowest BCUT2D eigenvalue weighted by Crippen LogP contribution is -1.88. The number of rotatable bonds is 1. The maximum atomic E-state index is 5.16. The van der Waals surface area contributed by atoms with Crippen LogP contribution in [0.25, 0.3) is 5.57 Å². The van der Waals surface area contributed by atoms with Gasteiger partial charge >= 0.3 is 0 Å². The number of pyridine rings is 1. The van der Waals surface area contributed by atoms with E-state index < -0.39 is 0 Å². The van der Waals surface area contributed by atoms with Crippen molar-refractivity contribution in [3.05, 3.63) is 34.6 Å². The van der Waals surface area contributed by atoms with Gasteiger partial charge in [-0.15, -0.1) is 0 Å². The quantitative estimate of drug-likeness (QED) is 0.683. The zero-order valence-corrected chi connectivity index (χ0v) is 9.07. The lowest BCUT2D eigenvalue weighted by atomic mass is 10.1. The van der Waals surface area contributed by atoms with Crippen LogP contribution in [0.15, 0.2) is 24.4 Å². The maximum absolute atomic E-state index is 5.16. The molecule has 0 aliphatic heterocycles. The molecule has 2 heteroatoms. The molecule has 74 valence electrons. The Bertz CT molecular complexity index is 389. The number of H-pyrrole nitrogens is 1. The summed E-state index contributed by atoms with van der Waals surface area (Å²) in [5, 5.41) is 0. The van der Waals surface area contributed by atoms with Crippen LogP contribution >= 0.6 is 12.2 Å². The highest BCUT2D eigenvalue weighted by atomic mass is 32.1. The summed E-state index contributed by atoms with van der Waals surface area (Å²) in [7, 11) is 0. The second-order valence-corrected chi connectivity index (χ2v) is 4.24. The molecule has 0 amide bonds. The van der Waals surface area contributed by atoms with Crippen molar-refractivity contribution in [2.24, 2.45) is 0 Å². The third-order valence-electron chi connectivity index (χ3n) is 2.66. The monoisotopic (exact) mass is 205 g/mol. The third-order valence-corrected chi connectivity index (χ3v) is 2.91. The molecule has 1 aliphatic carbocycles. The first-order valence-electron chi connectivity index (χ1n) is 5.24. The first-order valence-corrected chi connectivity index (χ1v) is 5.65. The van der Waals surface area contributed by atoms with E-state index in [9.17, 15) is 0 Å². The highest BCUT2D eigenvalue weighted by Gasteiger charge is 2.04. The van der Waals surface area contributed by atoms with Gasteiger partial charge in [0.2, 0.25) is 0 Å². The Morgan fingerprint density at radius 1 is 1.21 bits per heavy atom. The lowest BCUT2D eigenvalue weighted by Gasteiger charge is -2.04. The number of aromatic nitrogens is 1. The second kappa shape index (κ2) is 4.56. The summed E-state index contributed by atoms with van der Waals surface area (Å²) >= 11 is 5.16. The summed E-state index contributed by atoms with van der Waals surface area (Å²) in [6, 6.07) is 3.99. The molecule has 0 bridgehead atoms. The van der Waals surface area contributed by atoms with Crippen LogP contribution in [0, 0.1) is 4.51 Å². The zero-order valence-electron chi connectivity index (χ0n) is 8.25. The van der Waals surface area contributed by atoms with Crippen LogP contribution in [0.4, 0.5) is 0 Å². The molecule has 0 fully saturated rings. The first kappa shape index (κ1) is 9.66. The largest absolute Gasteiger partial charge is 0.361 e. The van der Waals surface area contributed by atoms with Crippen molar-refractivity contribution in [3.63, 3.8) is 0 Å². The zero-order chi connectivity index (χ0) is 9.80. The predicted molar refractivity (Wildman–Crippen MR) is 62.7 cm³/mol. The Balaban J connectivity index is 2.29. The summed E-state index contributed by atoms with van der Waals surface area (Å²) in [6.45, 7) is 0. The van der Waals surface area contributed by atoms with E-state index in [0.717, 1.165) is 4.51 Å².